The molecular weight excluding hydrogens is 565 g/mol. The Kier molecular flexibility index (Phi) is 7.42. The highest BCUT2D eigenvalue weighted by Crippen LogP contribution is 2.44. The maximum atomic E-state index is 14.2. The third-order valence-electron chi connectivity index (χ3n) is 5.76. The van der Waals surface area contributed by atoms with Gasteiger partial charge < -0.3 is 4.74 Å². The fraction of sp³-hybridized carbons (Fsp3) is 0.208. The number of rotatable bonds is 6. The normalized spacial score (nSPS) is 14.6. The van der Waals surface area contributed by atoms with Crippen LogP contribution in [0.5, 0.6) is 0 Å². The quantitative estimate of drug-likeness (QED) is 0.259. The lowest BCUT2D eigenvalue weighted by molar-refractivity contribution is 0.0853. The molecule has 1 N–H and O–H groups in total. The summed E-state index contributed by atoms with van der Waals surface area (Å²) in [4.78, 5) is 12.7. The van der Waals surface area contributed by atoms with Crippen LogP contribution < -0.4 is 4.72 Å². The van der Waals surface area contributed by atoms with E-state index in [2.05, 4.69) is 14.7 Å². The summed E-state index contributed by atoms with van der Waals surface area (Å²) in [5, 5.41) is 0.926. The molecule has 0 atom stereocenters. The van der Waals surface area contributed by atoms with Crippen molar-refractivity contribution >= 4 is 50.2 Å². The second-order valence-electron chi connectivity index (χ2n) is 8.15. The van der Waals surface area contributed by atoms with E-state index >= 15 is 0 Å². The zero-order valence-corrected chi connectivity index (χ0v) is 22.1. The van der Waals surface area contributed by atoms with Crippen molar-refractivity contribution in [3.63, 3.8) is 0 Å². The number of halogens is 4. The van der Waals surface area contributed by atoms with Crippen molar-refractivity contribution in [1.82, 2.24) is 15.0 Å². The third kappa shape index (κ3) is 5.32. The van der Waals surface area contributed by atoms with Crippen LogP contribution in [-0.2, 0) is 14.8 Å². The highest BCUT2D eigenvalue weighted by atomic mass is 35.5. The molecule has 2 aromatic carbocycles. The summed E-state index contributed by atoms with van der Waals surface area (Å²) in [6.45, 7) is 1.25. The maximum Gasteiger partial charge on any atom is 0.267 e. The number of hydrogen-bond acceptors (Lipinski definition) is 7. The lowest BCUT2D eigenvalue weighted by atomic mass is 10.0. The molecule has 2 aromatic heterocycles. The van der Waals surface area contributed by atoms with Crippen molar-refractivity contribution in [3.8, 4) is 21.8 Å². The summed E-state index contributed by atoms with van der Waals surface area (Å²) in [5.74, 6) is -2.26. The predicted octanol–water partition coefficient (Wildman–Crippen LogP) is 6.55. The van der Waals surface area contributed by atoms with Gasteiger partial charge in [-0.2, -0.15) is 0 Å². The Balaban J connectivity index is 1.60. The SMILES string of the molecule is O=S(=O)(Nc1cccc(-c2nc(C3CCOCC3)sc2-c2ccnc(Cl)n2)c1Cl)c1c(F)cccc1F. The van der Waals surface area contributed by atoms with Gasteiger partial charge in [-0.15, -0.1) is 11.3 Å². The molecule has 1 aliphatic rings. The first-order valence-electron chi connectivity index (χ1n) is 11.1. The molecule has 1 fully saturated rings. The van der Waals surface area contributed by atoms with Gasteiger partial charge in [0.05, 0.1) is 32.0 Å². The van der Waals surface area contributed by atoms with Crippen molar-refractivity contribution < 1.29 is 21.9 Å². The van der Waals surface area contributed by atoms with E-state index in [-0.39, 0.29) is 21.9 Å². The highest BCUT2D eigenvalue weighted by Gasteiger charge is 2.28. The first-order chi connectivity index (χ1) is 17.7. The van der Waals surface area contributed by atoms with E-state index in [0.29, 0.717) is 35.0 Å². The number of hydrogen-bond donors (Lipinski definition) is 1. The Morgan fingerprint density at radius 2 is 1.70 bits per heavy atom. The molecule has 13 heteroatoms. The number of sulfonamides is 1. The molecule has 0 spiro atoms. The number of thiazole rings is 1. The van der Waals surface area contributed by atoms with Gasteiger partial charge in [0, 0.05) is 30.9 Å². The summed E-state index contributed by atoms with van der Waals surface area (Å²) >= 11 is 14.2. The second kappa shape index (κ2) is 10.6. The number of nitrogens with zero attached hydrogens (tertiary/aromatic N) is 3. The minimum Gasteiger partial charge on any atom is -0.381 e. The average molecular weight is 583 g/mol. The van der Waals surface area contributed by atoms with Crippen LogP contribution in [0.1, 0.15) is 23.8 Å². The van der Waals surface area contributed by atoms with Crippen molar-refractivity contribution in [2.75, 3.05) is 17.9 Å². The predicted molar refractivity (Wildman–Crippen MR) is 139 cm³/mol. The van der Waals surface area contributed by atoms with E-state index < -0.39 is 26.6 Å². The van der Waals surface area contributed by atoms with Crippen molar-refractivity contribution in [3.05, 3.63) is 75.6 Å². The Morgan fingerprint density at radius 3 is 2.41 bits per heavy atom. The molecule has 0 radical (unpaired) electrons. The lowest BCUT2D eigenvalue weighted by Crippen LogP contribution is -2.16. The van der Waals surface area contributed by atoms with Gasteiger partial charge in [0.1, 0.15) is 11.6 Å². The molecule has 0 unspecified atom stereocenters. The van der Waals surface area contributed by atoms with Crippen LogP contribution in [-0.4, -0.2) is 36.6 Å². The van der Waals surface area contributed by atoms with Crippen LogP contribution in [0.3, 0.4) is 0 Å². The molecule has 1 saturated heterocycles. The Bertz CT molecular complexity index is 1560. The molecule has 0 amide bonds. The molecule has 0 bridgehead atoms. The van der Waals surface area contributed by atoms with E-state index in [1.165, 1.54) is 23.6 Å². The molecular formula is C24H18Cl2F2N4O3S2. The number of ether oxygens (including phenoxy) is 1. The summed E-state index contributed by atoms with van der Waals surface area (Å²) in [7, 11) is -4.63. The highest BCUT2D eigenvalue weighted by molar-refractivity contribution is 7.92. The van der Waals surface area contributed by atoms with Crippen molar-refractivity contribution in [1.29, 1.82) is 0 Å². The Hall–Kier alpha value is -2.70. The first-order valence-corrected chi connectivity index (χ1v) is 14.1. The van der Waals surface area contributed by atoms with E-state index in [0.717, 1.165) is 36.0 Å². The maximum absolute atomic E-state index is 14.2. The topological polar surface area (TPSA) is 94.1 Å². The molecule has 5 rings (SSSR count). The van der Waals surface area contributed by atoms with Gasteiger partial charge in [0.25, 0.3) is 10.0 Å². The summed E-state index contributed by atoms with van der Waals surface area (Å²) < 4.78 is 61.9. The third-order valence-corrected chi connectivity index (χ3v) is 9.00. The fourth-order valence-corrected chi connectivity index (χ4v) is 6.90. The zero-order chi connectivity index (χ0) is 26.2. The van der Waals surface area contributed by atoms with E-state index in [9.17, 15) is 17.2 Å². The van der Waals surface area contributed by atoms with Crippen molar-refractivity contribution in [2.24, 2.45) is 0 Å². The van der Waals surface area contributed by atoms with Crippen LogP contribution in [0, 0.1) is 11.6 Å². The number of aromatic nitrogens is 3. The fourth-order valence-electron chi connectivity index (χ4n) is 4.00. The van der Waals surface area contributed by atoms with Crippen LogP contribution >= 0.6 is 34.5 Å². The van der Waals surface area contributed by atoms with Gasteiger partial charge in [-0.05, 0) is 48.7 Å². The molecule has 0 saturated carbocycles. The number of anilines is 1. The smallest absolute Gasteiger partial charge is 0.267 e. The van der Waals surface area contributed by atoms with Gasteiger partial charge in [0.15, 0.2) is 4.90 Å². The largest absolute Gasteiger partial charge is 0.381 e. The van der Waals surface area contributed by atoms with Crippen LogP contribution in [0.4, 0.5) is 14.5 Å². The molecule has 7 nitrogen and oxygen atoms in total. The molecule has 0 aliphatic carbocycles. The van der Waals surface area contributed by atoms with Gasteiger partial charge in [0.2, 0.25) is 5.28 Å². The van der Waals surface area contributed by atoms with Gasteiger partial charge in [-0.3, -0.25) is 4.72 Å². The minimum atomic E-state index is -4.63. The Labute approximate surface area is 225 Å². The van der Waals surface area contributed by atoms with Gasteiger partial charge >= 0.3 is 0 Å². The molecule has 1 aliphatic heterocycles. The molecule has 192 valence electrons. The summed E-state index contributed by atoms with van der Waals surface area (Å²) in [5.41, 5.74) is 1.36. The average Bonchev–Trinajstić information content (AvgIpc) is 3.31. The van der Waals surface area contributed by atoms with E-state index in [1.807, 2.05) is 0 Å². The zero-order valence-electron chi connectivity index (χ0n) is 18.9. The van der Waals surface area contributed by atoms with Crippen LogP contribution in [0.25, 0.3) is 21.8 Å². The number of benzene rings is 2. The Morgan fingerprint density at radius 1 is 1.00 bits per heavy atom. The van der Waals surface area contributed by atoms with Crippen molar-refractivity contribution in [2.45, 2.75) is 23.7 Å². The van der Waals surface area contributed by atoms with Gasteiger partial charge in [-0.1, -0.05) is 29.8 Å². The monoisotopic (exact) mass is 582 g/mol. The molecule has 37 heavy (non-hydrogen) atoms. The standard InChI is InChI=1S/C24H18Cl2F2N4O3S2/c25-19-14(3-1-6-17(19)32-37(33,34)22-15(27)4-2-5-16(22)28)20-21(18-7-10-29-24(26)30-18)36-23(31-20)13-8-11-35-12-9-13/h1-7,10,13,32H,8-9,11-12H2. The first kappa shape index (κ1) is 25.9. The van der Waals surface area contributed by atoms with E-state index in [4.69, 9.17) is 32.9 Å². The molecule has 3 heterocycles. The minimum absolute atomic E-state index is 0.00746. The van der Waals surface area contributed by atoms with Crippen LogP contribution in [0.2, 0.25) is 10.3 Å². The molecule has 4 aromatic rings. The summed E-state index contributed by atoms with van der Waals surface area (Å²) in [6.07, 6.45) is 3.13. The summed E-state index contributed by atoms with van der Waals surface area (Å²) in [6, 6.07) is 9.15. The second-order valence-corrected chi connectivity index (χ2v) is 11.5. The van der Waals surface area contributed by atoms with Crippen LogP contribution in [0.15, 0.2) is 53.6 Å². The lowest BCUT2D eigenvalue weighted by Gasteiger charge is -2.19. The van der Waals surface area contributed by atoms with E-state index in [1.54, 1.807) is 18.2 Å². The van der Waals surface area contributed by atoms with Gasteiger partial charge in [-0.25, -0.2) is 32.2 Å². The number of nitrogens with one attached hydrogen (secondary N) is 1.